The summed E-state index contributed by atoms with van der Waals surface area (Å²) < 4.78 is 13.7. The zero-order chi connectivity index (χ0) is 19.7. The molecule has 0 heterocycles. The van der Waals surface area contributed by atoms with Crippen molar-refractivity contribution in [2.45, 2.75) is 0 Å². The van der Waals surface area contributed by atoms with Crippen molar-refractivity contribution in [3.05, 3.63) is 81.7 Å². The fourth-order valence-corrected chi connectivity index (χ4v) is 4.25. The molecular formula is C22H16Br2N2O2. The topological polar surface area (TPSA) is 70.5 Å². The number of benzene rings is 4. The van der Waals surface area contributed by atoms with Crippen molar-refractivity contribution in [2.75, 3.05) is 11.5 Å². The van der Waals surface area contributed by atoms with E-state index in [9.17, 15) is 0 Å². The quantitative estimate of drug-likeness (QED) is 0.293. The Morgan fingerprint density at radius 1 is 0.679 bits per heavy atom. The summed E-state index contributed by atoms with van der Waals surface area (Å²) in [5.74, 6) is 2.52. The number of nitrogens with two attached hydrogens (primary N) is 2. The van der Waals surface area contributed by atoms with Crippen LogP contribution in [-0.2, 0) is 0 Å². The molecule has 4 aromatic rings. The van der Waals surface area contributed by atoms with Crippen molar-refractivity contribution in [2.24, 2.45) is 0 Å². The van der Waals surface area contributed by atoms with Crippen molar-refractivity contribution in [3.63, 3.8) is 0 Å². The minimum absolute atomic E-state index is 0.568. The van der Waals surface area contributed by atoms with Gasteiger partial charge >= 0.3 is 0 Å². The summed E-state index contributed by atoms with van der Waals surface area (Å²) in [7, 11) is 0. The fourth-order valence-electron chi connectivity index (χ4n) is 2.82. The van der Waals surface area contributed by atoms with Crippen molar-refractivity contribution in [3.8, 4) is 23.0 Å². The normalized spacial score (nSPS) is 10.8. The Balaban J connectivity index is 1.76. The van der Waals surface area contributed by atoms with Crippen LogP contribution in [0, 0.1) is 0 Å². The summed E-state index contributed by atoms with van der Waals surface area (Å²) in [6.45, 7) is 0. The van der Waals surface area contributed by atoms with Crippen LogP contribution in [-0.4, -0.2) is 0 Å². The predicted molar refractivity (Wildman–Crippen MR) is 121 cm³/mol. The monoisotopic (exact) mass is 498 g/mol. The molecule has 4 nitrogen and oxygen atoms in total. The number of anilines is 2. The minimum atomic E-state index is 0.568. The number of hydrogen-bond acceptors (Lipinski definition) is 4. The highest BCUT2D eigenvalue weighted by molar-refractivity contribution is 9.11. The van der Waals surface area contributed by atoms with Gasteiger partial charge in [-0.25, -0.2) is 0 Å². The van der Waals surface area contributed by atoms with Crippen LogP contribution in [0.15, 0.2) is 81.7 Å². The first-order chi connectivity index (χ1) is 13.5. The third-order valence-electron chi connectivity index (χ3n) is 4.24. The Bertz CT molecular complexity index is 1180. The fraction of sp³-hybridized carbons (Fsp3) is 0. The van der Waals surface area contributed by atoms with Gasteiger partial charge in [-0.1, -0.05) is 30.3 Å². The average Bonchev–Trinajstić information content (AvgIpc) is 2.69. The highest BCUT2D eigenvalue weighted by Gasteiger charge is 2.15. The molecule has 0 aromatic heterocycles. The molecule has 0 spiro atoms. The SMILES string of the molecule is Nc1ccccc1Oc1ccc2cc(Br)c(Oc3ccccc3N)c(Br)c2c1. The van der Waals surface area contributed by atoms with Crippen LogP contribution in [0.2, 0.25) is 0 Å². The Kier molecular flexibility index (Phi) is 5.15. The molecule has 0 saturated carbocycles. The molecule has 4 aromatic carbocycles. The molecule has 6 heteroatoms. The smallest absolute Gasteiger partial charge is 0.156 e. The van der Waals surface area contributed by atoms with Crippen LogP contribution < -0.4 is 20.9 Å². The van der Waals surface area contributed by atoms with Gasteiger partial charge in [0.15, 0.2) is 5.75 Å². The van der Waals surface area contributed by atoms with E-state index in [0.717, 1.165) is 19.7 Å². The van der Waals surface area contributed by atoms with E-state index in [0.29, 0.717) is 34.4 Å². The largest absolute Gasteiger partial charge is 0.455 e. The molecule has 28 heavy (non-hydrogen) atoms. The molecule has 0 bridgehead atoms. The first kappa shape index (κ1) is 18.7. The molecule has 4 N–H and O–H groups in total. The van der Waals surface area contributed by atoms with E-state index < -0.39 is 0 Å². The molecule has 0 aliphatic heterocycles. The molecule has 0 amide bonds. The number of ether oxygens (including phenoxy) is 2. The maximum atomic E-state index is 6.08. The second-order valence-corrected chi connectivity index (χ2v) is 7.81. The summed E-state index contributed by atoms with van der Waals surface area (Å²) in [5.41, 5.74) is 13.2. The van der Waals surface area contributed by atoms with Gasteiger partial charge in [-0.3, -0.25) is 0 Å². The highest BCUT2D eigenvalue weighted by atomic mass is 79.9. The zero-order valence-electron chi connectivity index (χ0n) is 14.7. The van der Waals surface area contributed by atoms with Crippen molar-refractivity contribution >= 4 is 54.0 Å². The van der Waals surface area contributed by atoms with Crippen LogP contribution in [0.1, 0.15) is 0 Å². The molecule has 0 atom stereocenters. The Morgan fingerprint density at radius 3 is 1.93 bits per heavy atom. The van der Waals surface area contributed by atoms with Crippen molar-refractivity contribution in [1.29, 1.82) is 0 Å². The summed E-state index contributed by atoms with van der Waals surface area (Å²) in [6.07, 6.45) is 0. The third kappa shape index (κ3) is 3.66. The van der Waals surface area contributed by atoms with Crippen LogP contribution in [0.25, 0.3) is 10.8 Å². The number of hydrogen-bond donors (Lipinski definition) is 2. The van der Waals surface area contributed by atoms with Gasteiger partial charge in [-0.15, -0.1) is 0 Å². The van der Waals surface area contributed by atoms with Gasteiger partial charge in [0.1, 0.15) is 17.2 Å². The molecule has 0 fully saturated rings. The number of rotatable bonds is 4. The van der Waals surface area contributed by atoms with E-state index >= 15 is 0 Å². The average molecular weight is 500 g/mol. The van der Waals surface area contributed by atoms with Gasteiger partial charge in [-0.2, -0.15) is 0 Å². The molecule has 0 aliphatic carbocycles. The van der Waals surface area contributed by atoms with Crippen LogP contribution in [0.3, 0.4) is 0 Å². The molecule has 140 valence electrons. The van der Waals surface area contributed by atoms with E-state index in [1.54, 1.807) is 12.1 Å². The van der Waals surface area contributed by atoms with Crippen LogP contribution >= 0.6 is 31.9 Å². The van der Waals surface area contributed by atoms with E-state index in [2.05, 4.69) is 31.9 Å². The second-order valence-electron chi connectivity index (χ2n) is 6.16. The molecule has 0 unspecified atom stereocenters. The number of fused-ring (bicyclic) bond motifs is 1. The zero-order valence-corrected chi connectivity index (χ0v) is 17.8. The van der Waals surface area contributed by atoms with E-state index in [4.69, 9.17) is 20.9 Å². The van der Waals surface area contributed by atoms with Gasteiger partial charge in [0.2, 0.25) is 0 Å². The van der Waals surface area contributed by atoms with E-state index in [-0.39, 0.29) is 0 Å². The van der Waals surface area contributed by atoms with Gasteiger partial charge < -0.3 is 20.9 Å². The summed E-state index contributed by atoms with van der Waals surface area (Å²) in [6, 6.07) is 22.6. The standard InChI is InChI=1S/C22H16Br2N2O2/c23-16-11-13-9-10-14(27-19-7-3-1-5-17(19)25)12-15(13)21(24)22(16)28-20-8-4-2-6-18(20)26/h1-12H,25-26H2. The molecule has 0 aliphatic rings. The van der Waals surface area contributed by atoms with Gasteiger partial charge in [-0.05, 0) is 79.7 Å². The lowest BCUT2D eigenvalue weighted by molar-refractivity contribution is 0.479. The lowest BCUT2D eigenvalue weighted by Gasteiger charge is -2.15. The lowest BCUT2D eigenvalue weighted by Crippen LogP contribution is -1.94. The third-order valence-corrected chi connectivity index (χ3v) is 5.61. The molecule has 0 saturated heterocycles. The van der Waals surface area contributed by atoms with Gasteiger partial charge in [0.25, 0.3) is 0 Å². The number of para-hydroxylation sites is 4. The van der Waals surface area contributed by atoms with Gasteiger partial charge in [0, 0.05) is 5.39 Å². The molecule has 0 radical (unpaired) electrons. The first-order valence-corrected chi connectivity index (χ1v) is 10.1. The predicted octanol–water partition coefficient (Wildman–Crippen LogP) is 7.11. The molecular weight excluding hydrogens is 484 g/mol. The van der Waals surface area contributed by atoms with Crippen molar-refractivity contribution < 1.29 is 9.47 Å². The van der Waals surface area contributed by atoms with Crippen LogP contribution in [0.4, 0.5) is 11.4 Å². The Hall–Kier alpha value is -2.70. The highest BCUT2D eigenvalue weighted by Crippen LogP contribution is 2.44. The van der Waals surface area contributed by atoms with E-state index in [1.165, 1.54) is 0 Å². The minimum Gasteiger partial charge on any atom is -0.455 e. The summed E-state index contributed by atoms with van der Waals surface area (Å²) >= 11 is 7.26. The van der Waals surface area contributed by atoms with Gasteiger partial charge in [0.05, 0.1) is 20.3 Å². The number of halogens is 2. The first-order valence-electron chi connectivity index (χ1n) is 8.49. The maximum Gasteiger partial charge on any atom is 0.156 e. The number of nitrogen functional groups attached to an aromatic ring is 2. The molecule has 4 rings (SSSR count). The summed E-state index contributed by atoms with van der Waals surface area (Å²) in [4.78, 5) is 0. The maximum absolute atomic E-state index is 6.08. The van der Waals surface area contributed by atoms with Crippen molar-refractivity contribution in [1.82, 2.24) is 0 Å². The summed E-state index contributed by atoms with van der Waals surface area (Å²) in [5, 5.41) is 1.97. The Labute approximate surface area is 179 Å². The van der Waals surface area contributed by atoms with Crippen LogP contribution in [0.5, 0.6) is 23.0 Å². The van der Waals surface area contributed by atoms with E-state index in [1.807, 2.05) is 60.7 Å². The lowest BCUT2D eigenvalue weighted by atomic mass is 10.1. The second kappa shape index (κ2) is 7.73. The Morgan fingerprint density at radius 2 is 1.29 bits per heavy atom.